The molecule has 2 fully saturated rings. The summed E-state index contributed by atoms with van der Waals surface area (Å²) < 4.78 is 90.1. The molecular weight excluding hydrogens is 545 g/mol. The number of alkyl halides is 3. The van der Waals surface area contributed by atoms with Crippen molar-refractivity contribution in [2.45, 2.75) is 74.1 Å². The van der Waals surface area contributed by atoms with Crippen molar-refractivity contribution in [3.8, 4) is 0 Å². The lowest BCUT2D eigenvalue weighted by Crippen LogP contribution is -2.52. The number of nitrogens with zero attached hydrogens (tertiary/aromatic N) is 1. The number of amides is 1. The van der Waals surface area contributed by atoms with Crippen LogP contribution in [0.4, 0.5) is 18.9 Å². The minimum atomic E-state index is -4.90. The molecule has 2 saturated carbocycles. The van der Waals surface area contributed by atoms with Gasteiger partial charge in [-0.05, 0) is 75.1 Å². The number of rotatable bonds is 9. The van der Waals surface area contributed by atoms with Crippen molar-refractivity contribution in [3.05, 3.63) is 24.3 Å². The van der Waals surface area contributed by atoms with Gasteiger partial charge in [0, 0.05) is 24.8 Å². The van der Waals surface area contributed by atoms with Crippen LogP contribution in [0, 0.1) is 5.92 Å². The third-order valence-corrected chi connectivity index (χ3v) is 9.44. The fourth-order valence-electron chi connectivity index (χ4n) is 4.41. The van der Waals surface area contributed by atoms with Gasteiger partial charge < -0.3 is 10.6 Å². The summed E-state index contributed by atoms with van der Waals surface area (Å²) in [5.74, 6) is -2.16. The number of nitrogens with one attached hydrogen (secondary N) is 2. The lowest BCUT2D eigenvalue weighted by Gasteiger charge is -2.38. The summed E-state index contributed by atoms with van der Waals surface area (Å²) in [6, 6.07) is 3.68. The fourth-order valence-corrected chi connectivity index (χ4v) is 6.71. The van der Waals surface area contributed by atoms with Crippen molar-refractivity contribution in [2.24, 2.45) is 11.7 Å². The van der Waals surface area contributed by atoms with Crippen LogP contribution >= 0.6 is 12.4 Å². The molecule has 9 nitrogen and oxygen atoms in total. The highest BCUT2D eigenvalue weighted by molar-refractivity contribution is 7.92. The molecular formula is C21H32ClF3N4O5S2. The molecule has 0 radical (unpaired) electrons. The van der Waals surface area contributed by atoms with E-state index in [0.717, 1.165) is 43.5 Å². The summed E-state index contributed by atoms with van der Waals surface area (Å²) in [5.41, 5.74) is 6.04. The topological polar surface area (TPSA) is 139 Å². The minimum absolute atomic E-state index is 0. The van der Waals surface area contributed by atoms with Gasteiger partial charge >= 0.3 is 6.18 Å². The van der Waals surface area contributed by atoms with E-state index < -0.39 is 38.0 Å². The molecule has 0 aromatic heterocycles. The predicted molar refractivity (Wildman–Crippen MR) is 132 cm³/mol. The van der Waals surface area contributed by atoms with Crippen LogP contribution in [0.25, 0.3) is 0 Å². The summed E-state index contributed by atoms with van der Waals surface area (Å²) in [6.45, 7) is 0. The van der Waals surface area contributed by atoms with E-state index >= 15 is 0 Å². The maximum Gasteiger partial charge on any atom is 0.404 e. The summed E-state index contributed by atoms with van der Waals surface area (Å²) in [6.07, 6.45) is 0.395. The van der Waals surface area contributed by atoms with Gasteiger partial charge in [-0.1, -0.05) is 0 Å². The molecule has 1 amide bonds. The zero-order valence-electron chi connectivity index (χ0n) is 19.7. The lowest BCUT2D eigenvalue weighted by atomic mass is 9.81. The first-order chi connectivity index (χ1) is 16.2. The number of carbonyl (C=O) groups excluding carboxylic acids is 1. The minimum Gasteiger partial charge on any atom is -0.341 e. The van der Waals surface area contributed by atoms with Crippen LogP contribution in [0.2, 0.25) is 0 Å². The first-order valence-electron chi connectivity index (χ1n) is 11.4. The van der Waals surface area contributed by atoms with E-state index in [1.54, 1.807) is 16.7 Å². The quantitative estimate of drug-likeness (QED) is 0.413. The molecule has 0 bridgehead atoms. The summed E-state index contributed by atoms with van der Waals surface area (Å²) in [4.78, 5) is 14.2. The predicted octanol–water partition coefficient (Wildman–Crippen LogP) is 2.59. The van der Waals surface area contributed by atoms with Crippen LogP contribution < -0.4 is 15.2 Å². The highest BCUT2D eigenvalue weighted by Crippen LogP contribution is 2.30. The number of nitrogens with two attached hydrogens (primary N) is 1. The van der Waals surface area contributed by atoms with Gasteiger partial charge in [-0.2, -0.15) is 13.2 Å². The second-order valence-corrected chi connectivity index (χ2v) is 12.7. The number of hydrogen-bond donors (Lipinski definition) is 3. The Kier molecular flexibility index (Phi) is 10.1. The number of anilines is 1. The number of benzene rings is 1. The number of likely N-dealkylation sites (N-methyl/N-ethyl adjacent to an activating group) is 1. The fraction of sp³-hybridized carbons (Fsp3) is 0.667. The first kappa shape index (κ1) is 30.6. The zero-order valence-corrected chi connectivity index (χ0v) is 22.1. The van der Waals surface area contributed by atoms with E-state index in [2.05, 4.69) is 4.72 Å². The molecule has 0 heterocycles. The largest absolute Gasteiger partial charge is 0.404 e. The molecule has 206 valence electrons. The monoisotopic (exact) mass is 576 g/mol. The van der Waals surface area contributed by atoms with E-state index in [0.29, 0.717) is 25.7 Å². The molecule has 2 aliphatic carbocycles. The van der Waals surface area contributed by atoms with Crippen molar-refractivity contribution in [2.75, 3.05) is 17.5 Å². The molecule has 3 rings (SSSR count). The highest BCUT2D eigenvalue weighted by atomic mass is 35.5. The Bertz CT molecular complexity index is 1110. The van der Waals surface area contributed by atoms with Gasteiger partial charge in [0.15, 0.2) is 5.75 Å². The standard InChI is InChI=1S/C21H31F3N4O5S2.ClH/c1-28(17-3-2-4-17)20(29)19(25)14-5-7-16(8-6-14)27-35(32,33)18-11-9-15(10-12-18)26-34(30,31)13-21(22,23)24;/h9-12,14,16-17,19,26-27H,2-8,13,25H2,1H3;1H/t14?,16?,19-;/m0./s1. The third kappa shape index (κ3) is 8.20. The van der Waals surface area contributed by atoms with E-state index in [9.17, 15) is 34.8 Å². The molecule has 15 heteroatoms. The molecule has 1 aromatic carbocycles. The van der Waals surface area contributed by atoms with Crippen molar-refractivity contribution < 1.29 is 34.8 Å². The normalized spacial score (nSPS) is 22.1. The van der Waals surface area contributed by atoms with Crippen LogP contribution in [0.1, 0.15) is 44.9 Å². The SMILES string of the molecule is CN(C(=O)[C@@H](N)C1CCC(NS(=O)(=O)c2ccc(NS(=O)(=O)CC(F)(F)F)cc2)CC1)C1CCC1.Cl. The van der Waals surface area contributed by atoms with Crippen LogP contribution in [0.5, 0.6) is 0 Å². The Morgan fingerprint density at radius 3 is 2.08 bits per heavy atom. The molecule has 2 aliphatic rings. The van der Waals surface area contributed by atoms with Gasteiger partial charge in [0.2, 0.25) is 26.0 Å². The van der Waals surface area contributed by atoms with Crippen molar-refractivity contribution in [3.63, 3.8) is 0 Å². The van der Waals surface area contributed by atoms with Gasteiger partial charge in [0.1, 0.15) is 0 Å². The molecule has 4 N–H and O–H groups in total. The average Bonchev–Trinajstić information content (AvgIpc) is 2.70. The van der Waals surface area contributed by atoms with E-state index in [1.807, 2.05) is 0 Å². The maximum atomic E-state index is 12.7. The molecule has 1 atom stereocenters. The van der Waals surface area contributed by atoms with Gasteiger partial charge in [-0.3, -0.25) is 9.52 Å². The third-order valence-electron chi connectivity index (χ3n) is 6.65. The molecule has 0 spiro atoms. The molecule has 1 aromatic rings. The summed E-state index contributed by atoms with van der Waals surface area (Å²) in [5, 5.41) is 0. The number of carbonyl (C=O) groups is 1. The maximum absolute atomic E-state index is 12.7. The van der Waals surface area contributed by atoms with Crippen LogP contribution in [-0.2, 0) is 24.8 Å². The zero-order chi connectivity index (χ0) is 26.0. The Labute approximate surface area is 215 Å². The molecule has 0 unspecified atom stereocenters. The molecule has 36 heavy (non-hydrogen) atoms. The van der Waals surface area contributed by atoms with Crippen LogP contribution in [0.3, 0.4) is 0 Å². The Morgan fingerprint density at radius 1 is 1.06 bits per heavy atom. The average molecular weight is 577 g/mol. The van der Waals surface area contributed by atoms with Crippen LogP contribution in [-0.4, -0.2) is 64.7 Å². The van der Waals surface area contributed by atoms with Gasteiger partial charge in [-0.25, -0.2) is 21.6 Å². The van der Waals surface area contributed by atoms with Crippen molar-refractivity contribution >= 4 is 44.0 Å². The number of hydrogen-bond acceptors (Lipinski definition) is 6. The summed E-state index contributed by atoms with van der Waals surface area (Å²) in [7, 11) is -6.83. The Balaban J connectivity index is 0.00000456. The lowest BCUT2D eigenvalue weighted by molar-refractivity contribution is -0.136. The second kappa shape index (κ2) is 11.8. The van der Waals surface area contributed by atoms with E-state index in [4.69, 9.17) is 5.73 Å². The first-order valence-corrected chi connectivity index (χ1v) is 14.5. The second-order valence-electron chi connectivity index (χ2n) is 9.29. The Morgan fingerprint density at radius 2 is 1.61 bits per heavy atom. The van der Waals surface area contributed by atoms with E-state index in [1.165, 1.54) is 0 Å². The van der Waals surface area contributed by atoms with Gasteiger partial charge in [0.05, 0.1) is 10.9 Å². The number of halogens is 4. The van der Waals surface area contributed by atoms with Crippen molar-refractivity contribution in [1.82, 2.24) is 9.62 Å². The van der Waals surface area contributed by atoms with Gasteiger partial charge in [-0.15, -0.1) is 12.4 Å². The number of sulfonamides is 2. The highest BCUT2D eigenvalue weighted by Gasteiger charge is 2.36. The smallest absolute Gasteiger partial charge is 0.341 e. The van der Waals surface area contributed by atoms with E-state index in [-0.39, 0.29) is 46.9 Å². The summed E-state index contributed by atoms with van der Waals surface area (Å²) >= 11 is 0. The molecule has 0 aliphatic heterocycles. The molecule has 0 saturated heterocycles. The van der Waals surface area contributed by atoms with Crippen molar-refractivity contribution in [1.29, 1.82) is 0 Å². The van der Waals surface area contributed by atoms with Crippen LogP contribution in [0.15, 0.2) is 29.2 Å². The Hall–Kier alpha value is -1.61. The van der Waals surface area contributed by atoms with Gasteiger partial charge in [0.25, 0.3) is 0 Å².